The molecule has 6 nitrogen and oxygen atoms in total. The number of para-hydroxylation sites is 1. The summed E-state index contributed by atoms with van der Waals surface area (Å²) >= 11 is 0. The van der Waals surface area contributed by atoms with Crippen LogP contribution >= 0.6 is 0 Å². The zero-order valence-electron chi connectivity index (χ0n) is 11.2. The molecular weight excluding hydrogens is 260 g/mol. The zero-order chi connectivity index (χ0) is 14.7. The van der Waals surface area contributed by atoms with Gasteiger partial charge in [0.1, 0.15) is 0 Å². The number of carboxylic acid groups (broad SMARTS) is 1. The van der Waals surface area contributed by atoms with Gasteiger partial charge in [-0.2, -0.15) is 5.10 Å². The van der Waals surface area contributed by atoms with Crippen molar-refractivity contribution in [3.05, 3.63) is 47.3 Å². The molecule has 1 heterocycles. The molecule has 20 heavy (non-hydrogen) atoms. The van der Waals surface area contributed by atoms with Gasteiger partial charge in [-0.25, -0.2) is 14.3 Å². The molecule has 0 radical (unpaired) electrons. The van der Waals surface area contributed by atoms with Crippen LogP contribution in [0.2, 0.25) is 0 Å². The quantitative estimate of drug-likeness (QED) is 0.863. The Labute approximate surface area is 115 Å². The van der Waals surface area contributed by atoms with Crippen LogP contribution in [0.4, 0.5) is 0 Å². The van der Waals surface area contributed by atoms with Crippen LogP contribution in [0.3, 0.4) is 0 Å². The van der Waals surface area contributed by atoms with Crippen molar-refractivity contribution in [3.63, 3.8) is 0 Å². The number of carboxylic acids is 1. The SMILES string of the molecule is CCOC(=O)c1cc(C(=O)O)n(-c2ccccc2C)n1. The maximum atomic E-state index is 11.7. The van der Waals surface area contributed by atoms with Gasteiger partial charge < -0.3 is 9.84 Å². The molecule has 0 atom stereocenters. The fourth-order valence-corrected chi connectivity index (χ4v) is 1.82. The van der Waals surface area contributed by atoms with Crippen molar-refractivity contribution in [1.29, 1.82) is 0 Å². The first-order chi connectivity index (χ1) is 9.54. The Morgan fingerprint density at radius 2 is 2.05 bits per heavy atom. The molecule has 0 unspecified atom stereocenters. The van der Waals surface area contributed by atoms with Gasteiger partial charge in [-0.05, 0) is 25.5 Å². The van der Waals surface area contributed by atoms with E-state index in [9.17, 15) is 14.7 Å². The Hall–Kier alpha value is -2.63. The van der Waals surface area contributed by atoms with E-state index in [1.54, 1.807) is 19.1 Å². The first-order valence-corrected chi connectivity index (χ1v) is 6.11. The number of benzene rings is 1. The van der Waals surface area contributed by atoms with Gasteiger partial charge in [-0.15, -0.1) is 0 Å². The lowest BCUT2D eigenvalue weighted by Gasteiger charge is -2.07. The number of aromatic carboxylic acids is 1. The fraction of sp³-hybridized carbons (Fsp3) is 0.214. The van der Waals surface area contributed by atoms with Gasteiger partial charge >= 0.3 is 11.9 Å². The molecule has 0 saturated heterocycles. The standard InChI is InChI=1S/C14H14N2O4/c1-3-20-14(19)10-8-12(13(17)18)16(15-10)11-7-5-4-6-9(11)2/h4-8H,3H2,1-2H3,(H,17,18). The number of aryl methyl sites for hydroxylation is 1. The predicted octanol–water partition coefficient (Wildman–Crippen LogP) is 2.06. The number of hydrogen-bond acceptors (Lipinski definition) is 4. The van der Waals surface area contributed by atoms with Crippen molar-refractivity contribution in [1.82, 2.24) is 9.78 Å². The number of nitrogens with zero attached hydrogens (tertiary/aromatic N) is 2. The van der Waals surface area contributed by atoms with E-state index in [4.69, 9.17) is 4.74 Å². The maximum absolute atomic E-state index is 11.7. The van der Waals surface area contributed by atoms with Gasteiger partial charge in [0.15, 0.2) is 11.4 Å². The summed E-state index contributed by atoms with van der Waals surface area (Å²) in [4.78, 5) is 22.9. The van der Waals surface area contributed by atoms with Crippen LogP contribution in [-0.2, 0) is 4.74 Å². The van der Waals surface area contributed by atoms with Crippen molar-refractivity contribution < 1.29 is 19.4 Å². The third-order valence-corrected chi connectivity index (χ3v) is 2.76. The molecule has 1 aromatic heterocycles. The van der Waals surface area contributed by atoms with Gasteiger partial charge in [-0.1, -0.05) is 18.2 Å². The van der Waals surface area contributed by atoms with Gasteiger partial charge in [0.05, 0.1) is 12.3 Å². The molecule has 0 saturated carbocycles. The van der Waals surface area contributed by atoms with Gasteiger partial charge in [-0.3, -0.25) is 0 Å². The molecule has 1 aromatic carbocycles. The minimum Gasteiger partial charge on any atom is -0.477 e. The fourth-order valence-electron chi connectivity index (χ4n) is 1.82. The summed E-state index contributed by atoms with van der Waals surface area (Å²) in [5.74, 6) is -1.79. The van der Waals surface area contributed by atoms with Crippen molar-refractivity contribution in [2.75, 3.05) is 6.61 Å². The molecule has 2 aromatic rings. The van der Waals surface area contributed by atoms with Crippen LogP contribution in [0.5, 0.6) is 0 Å². The predicted molar refractivity (Wildman–Crippen MR) is 71.2 cm³/mol. The molecule has 0 aliphatic carbocycles. The van der Waals surface area contributed by atoms with Crippen LogP contribution in [0.1, 0.15) is 33.5 Å². The number of carbonyl (C=O) groups is 2. The Morgan fingerprint density at radius 3 is 2.65 bits per heavy atom. The molecule has 2 rings (SSSR count). The summed E-state index contributed by atoms with van der Waals surface area (Å²) in [6.45, 7) is 3.72. The van der Waals surface area contributed by atoms with Crippen LogP contribution in [0, 0.1) is 6.92 Å². The Morgan fingerprint density at radius 1 is 1.35 bits per heavy atom. The average Bonchev–Trinajstić information content (AvgIpc) is 2.84. The number of aromatic nitrogens is 2. The Balaban J connectivity index is 2.55. The Bertz CT molecular complexity index is 661. The third kappa shape index (κ3) is 2.54. The lowest BCUT2D eigenvalue weighted by atomic mass is 10.2. The third-order valence-electron chi connectivity index (χ3n) is 2.76. The second kappa shape index (κ2) is 5.56. The molecule has 0 amide bonds. The van der Waals surface area contributed by atoms with Crippen LogP contribution in [-0.4, -0.2) is 33.4 Å². The van der Waals surface area contributed by atoms with E-state index in [1.807, 2.05) is 19.1 Å². The van der Waals surface area contributed by atoms with E-state index >= 15 is 0 Å². The van der Waals surface area contributed by atoms with Crippen molar-refractivity contribution in [3.8, 4) is 5.69 Å². The number of rotatable bonds is 4. The molecule has 0 aliphatic heterocycles. The highest BCUT2D eigenvalue weighted by atomic mass is 16.5. The normalized spacial score (nSPS) is 10.3. The smallest absolute Gasteiger partial charge is 0.358 e. The molecule has 6 heteroatoms. The molecule has 104 valence electrons. The molecular formula is C14H14N2O4. The maximum Gasteiger partial charge on any atom is 0.358 e. The molecule has 0 spiro atoms. The van der Waals surface area contributed by atoms with E-state index in [2.05, 4.69) is 5.10 Å². The number of hydrogen-bond donors (Lipinski definition) is 1. The molecule has 0 bridgehead atoms. The first-order valence-electron chi connectivity index (χ1n) is 6.11. The summed E-state index contributed by atoms with van der Waals surface area (Å²) < 4.78 is 6.07. The summed E-state index contributed by atoms with van der Waals surface area (Å²) in [6.07, 6.45) is 0. The van der Waals surface area contributed by atoms with Crippen molar-refractivity contribution in [2.45, 2.75) is 13.8 Å². The van der Waals surface area contributed by atoms with E-state index in [0.717, 1.165) is 5.56 Å². The minimum atomic E-state index is -1.16. The van der Waals surface area contributed by atoms with E-state index in [1.165, 1.54) is 10.7 Å². The van der Waals surface area contributed by atoms with Gasteiger partial charge in [0, 0.05) is 6.07 Å². The highest BCUT2D eigenvalue weighted by Gasteiger charge is 2.21. The molecule has 1 N–H and O–H groups in total. The number of carbonyl (C=O) groups excluding carboxylic acids is 1. The molecule has 0 fully saturated rings. The van der Waals surface area contributed by atoms with Crippen LogP contribution < -0.4 is 0 Å². The van der Waals surface area contributed by atoms with Crippen molar-refractivity contribution in [2.24, 2.45) is 0 Å². The van der Waals surface area contributed by atoms with E-state index < -0.39 is 11.9 Å². The summed E-state index contributed by atoms with van der Waals surface area (Å²) in [5.41, 5.74) is 1.36. The first kappa shape index (κ1) is 13.8. The molecule has 0 aliphatic rings. The Kier molecular flexibility index (Phi) is 3.84. The average molecular weight is 274 g/mol. The lowest BCUT2D eigenvalue weighted by molar-refractivity contribution is 0.0518. The second-order valence-electron chi connectivity index (χ2n) is 4.14. The summed E-state index contributed by atoms with van der Waals surface area (Å²) in [5, 5.41) is 13.3. The van der Waals surface area contributed by atoms with Gasteiger partial charge in [0.2, 0.25) is 0 Å². The minimum absolute atomic E-state index is 0.0208. The topological polar surface area (TPSA) is 81.4 Å². The number of esters is 1. The number of ether oxygens (including phenoxy) is 1. The van der Waals surface area contributed by atoms with Crippen LogP contribution in [0.25, 0.3) is 5.69 Å². The summed E-state index contributed by atoms with van der Waals surface area (Å²) in [7, 11) is 0. The highest BCUT2D eigenvalue weighted by molar-refractivity contribution is 5.93. The van der Waals surface area contributed by atoms with E-state index in [0.29, 0.717) is 5.69 Å². The highest BCUT2D eigenvalue weighted by Crippen LogP contribution is 2.17. The zero-order valence-corrected chi connectivity index (χ0v) is 11.2. The largest absolute Gasteiger partial charge is 0.477 e. The van der Waals surface area contributed by atoms with Crippen LogP contribution in [0.15, 0.2) is 30.3 Å². The monoisotopic (exact) mass is 274 g/mol. The second-order valence-corrected chi connectivity index (χ2v) is 4.14. The van der Waals surface area contributed by atoms with E-state index in [-0.39, 0.29) is 18.0 Å². The van der Waals surface area contributed by atoms with Gasteiger partial charge in [0.25, 0.3) is 0 Å². The lowest BCUT2D eigenvalue weighted by Crippen LogP contribution is -2.10. The summed E-state index contributed by atoms with van der Waals surface area (Å²) in [6, 6.07) is 8.41. The van der Waals surface area contributed by atoms with Crippen molar-refractivity contribution >= 4 is 11.9 Å².